The van der Waals surface area contributed by atoms with Crippen molar-refractivity contribution in [1.82, 2.24) is 14.3 Å². The van der Waals surface area contributed by atoms with Crippen molar-refractivity contribution in [2.24, 2.45) is 7.05 Å². The van der Waals surface area contributed by atoms with Crippen LogP contribution in [0.25, 0.3) is 5.69 Å². The van der Waals surface area contributed by atoms with Gasteiger partial charge in [0.25, 0.3) is 5.91 Å². The van der Waals surface area contributed by atoms with Crippen LogP contribution in [0.4, 0.5) is 5.82 Å². The fourth-order valence-electron chi connectivity index (χ4n) is 4.18. The summed E-state index contributed by atoms with van der Waals surface area (Å²) in [6, 6.07) is 14.7. The van der Waals surface area contributed by atoms with Crippen LogP contribution in [0, 0.1) is 13.8 Å². The first kappa shape index (κ1) is 18.5. The van der Waals surface area contributed by atoms with Gasteiger partial charge in [-0.05, 0) is 38.1 Å². The zero-order valence-corrected chi connectivity index (χ0v) is 16.8. The number of hydrogen-bond acceptors (Lipinski definition) is 2. The first-order chi connectivity index (χ1) is 13.5. The molecule has 146 valence electrons. The van der Waals surface area contributed by atoms with E-state index in [-0.39, 0.29) is 5.91 Å². The molecular weight excluding hydrogens is 350 g/mol. The lowest BCUT2D eigenvalue weighted by molar-refractivity contribution is -0.910. The third kappa shape index (κ3) is 3.73. The summed E-state index contributed by atoms with van der Waals surface area (Å²) < 4.78 is 3.98. The number of aromatic nitrogens is 3. The summed E-state index contributed by atoms with van der Waals surface area (Å²) in [6.45, 7) is 5.49. The van der Waals surface area contributed by atoms with E-state index in [9.17, 15) is 4.79 Å². The number of amides is 1. The van der Waals surface area contributed by atoms with Gasteiger partial charge < -0.3 is 14.8 Å². The number of nitrogens with zero attached hydrogens (tertiary/aromatic N) is 3. The van der Waals surface area contributed by atoms with Crippen LogP contribution in [0.15, 0.2) is 48.7 Å². The first-order valence-corrected chi connectivity index (χ1v) is 9.90. The van der Waals surface area contributed by atoms with Gasteiger partial charge in [0.05, 0.1) is 23.6 Å². The Kier molecular flexibility index (Phi) is 5.05. The average Bonchev–Trinajstić information content (AvgIpc) is 3.36. The highest BCUT2D eigenvalue weighted by Crippen LogP contribution is 2.20. The van der Waals surface area contributed by atoms with Gasteiger partial charge in [-0.1, -0.05) is 17.7 Å². The predicted octanol–water partition coefficient (Wildman–Crippen LogP) is 2.19. The summed E-state index contributed by atoms with van der Waals surface area (Å²) in [5.41, 5.74) is 4.33. The molecule has 28 heavy (non-hydrogen) atoms. The minimum Gasteiger partial charge on any atom is -0.350 e. The molecule has 1 aliphatic rings. The van der Waals surface area contributed by atoms with Crippen LogP contribution in [0.5, 0.6) is 0 Å². The highest BCUT2D eigenvalue weighted by Gasteiger charge is 2.33. The molecule has 4 rings (SSSR count). The molecule has 0 saturated carbocycles. The molecule has 2 aromatic heterocycles. The third-order valence-corrected chi connectivity index (χ3v) is 5.59. The van der Waals surface area contributed by atoms with Gasteiger partial charge in [-0.2, -0.15) is 5.10 Å². The van der Waals surface area contributed by atoms with Crippen molar-refractivity contribution in [3.8, 4) is 5.69 Å². The van der Waals surface area contributed by atoms with Gasteiger partial charge in [-0.15, -0.1) is 0 Å². The van der Waals surface area contributed by atoms with Crippen LogP contribution in [0.3, 0.4) is 0 Å². The zero-order chi connectivity index (χ0) is 19.7. The highest BCUT2D eigenvalue weighted by atomic mass is 16.2. The van der Waals surface area contributed by atoms with Gasteiger partial charge in [-0.3, -0.25) is 4.79 Å². The minimum atomic E-state index is 0.0318. The van der Waals surface area contributed by atoms with Crippen molar-refractivity contribution in [3.05, 3.63) is 65.6 Å². The normalized spacial score (nSPS) is 19.1. The van der Waals surface area contributed by atoms with Gasteiger partial charge in [-0.25, -0.2) is 4.68 Å². The molecule has 0 radical (unpaired) electrons. The smallest absolute Gasteiger partial charge is 0.280 e. The molecule has 6 heteroatoms. The Labute approximate surface area is 165 Å². The van der Waals surface area contributed by atoms with Crippen LogP contribution in [-0.4, -0.2) is 33.3 Å². The molecule has 1 unspecified atom stereocenters. The Balaban J connectivity index is 1.48. The number of nitrogens with one attached hydrogen (secondary N) is 2. The molecule has 6 nitrogen and oxygen atoms in total. The molecule has 1 amide bonds. The van der Waals surface area contributed by atoms with Crippen molar-refractivity contribution in [3.63, 3.8) is 0 Å². The molecule has 2 N–H and O–H groups in total. The Morgan fingerprint density at radius 3 is 2.75 bits per heavy atom. The van der Waals surface area contributed by atoms with Crippen molar-refractivity contribution in [2.75, 3.05) is 18.4 Å². The van der Waals surface area contributed by atoms with E-state index >= 15 is 0 Å². The molecule has 1 saturated heterocycles. The van der Waals surface area contributed by atoms with E-state index in [0.29, 0.717) is 12.6 Å². The number of carbonyl (C=O) groups is 1. The van der Waals surface area contributed by atoms with Gasteiger partial charge in [0.1, 0.15) is 11.9 Å². The maximum Gasteiger partial charge on any atom is 0.280 e. The summed E-state index contributed by atoms with van der Waals surface area (Å²) in [5, 5.41) is 7.64. The molecule has 1 aliphatic heterocycles. The van der Waals surface area contributed by atoms with Crippen molar-refractivity contribution in [1.29, 1.82) is 0 Å². The lowest BCUT2D eigenvalue weighted by Gasteiger charge is -2.21. The standard InChI is InChI=1S/C22H27N5O/c1-16-8-10-18(11-9-16)27-21(14-17(2)24-27)23-22(28)15-26-13-5-7-20(26)19-6-4-12-25(19)3/h4,6,8-12,14,20H,5,7,13,15H2,1-3H3,(H,23,28)/p+1/t20-/m0/s1. The van der Waals surface area contributed by atoms with Crippen molar-refractivity contribution < 1.29 is 9.69 Å². The Hall–Kier alpha value is -2.86. The number of benzene rings is 1. The molecule has 1 fully saturated rings. The van der Waals surface area contributed by atoms with Gasteiger partial charge in [0.15, 0.2) is 6.54 Å². The van der Waals surface area contributed by atoms with E-state index in [4.69, 9.17) is 0 Å². The number of hydrogen-bond donors (Lipinski definition) is 2. The Bertz CT molecular complexity index is 969. The van der Waals surface area contributed by atoms with Crippen LogP contribution in [0.2, 0.25) is 0 Å². The zero-order valence-electron chi connectivity index (χ0n) is 16.8. The summed E-state index contributed by atoms with van der Waals surface area (Å²) in [6.07, 6.45) is 4.36. The van der Waals surface area contributed by atoms with E-state index in [2.05, 4.69) is 59.4 Å². The van der Waals surface area contributed by atoms with Gasteiger partial charge in [0, 0.05) is 32.2 Å². The number of anilines is 1. The van der Waals surface area contributed by atoms with Crippen molar-refractivity contribution >= 4 is 11.7 Å². The predicted molar refractivity (Wildman–Crippen MR) is 110 cm³/mol. The number of carbonyl (C=O) groups excluding carboxylic acids is 1. The SMILES string of the molecule is Cc1ccc(-n2nc(C)cc2NC(=O)C[NH+]2CCC[C@H]2c2cccn2C)cc1. The summed E-state index contributed by atoms with van der Waals surface area (Å²) in [4.78, 5) is 14.2. The summed E-state index contributed by atoms with van der Waals surface area (Å²) in [7, 11) is 2.08. The topological polar surface area (TPSA) is 56.3 Å². The molecule has 2 atom stereocenters. The first-order valence-electron chi connectivity index (χ1n) is 9.90. The molecular formula is C22H28N5O+. The number of aryl methyl sites for hydroxylation is 3. The molecule has 3 aromatic rings. The summed E-state index contributed by atoms with van der Waals surface area (Å²) >= 11 is 0. The number of quaternary nitrogens is 1. The lowest BCUT2D eigenvalue weighted by atomic mass is 10.1. The second-order valence-corrected chi connectivity index (χ2v) is 7.79. The van der Waals surface area contributed by atoms with Crippen LogP contribution >= 0.6 is 0 Å². The van der Waals surface area contributed by atoms with Crippen LogP contribution in [-0.2, 0) is 11.8 Å². The average molecular weight is 379 g/mol. The minimum absolute atomic E-state index is 0.0318. The monoisotopic (exact) mass is 378 g/mol. The van der Waals surface area contributed by atoms with E-state index in [1.807, 2.05) is 25.1 Å². The molecule has 1 aromatic carbocycles. The van der Waals surface area contributed by atoms with E-state index in [1.54, 1.807) is 4.68 Å². The quantitative estimate of drug-likeness (QED) is 0.715. The Morgan fingerprint density at radius 2 is 2.04 bits per heavy atom. The van der Waals surface area contributed by atoms with Crippen LogP contribution in [0.1, 0.15) is 35.8 Å². The van der Waals surface area contributed by atoms with E-state index < -0.39 is 0 Å². The second kappa shape index (κ2) is 7.64. The molecule has 0 aliphatic carbocycles. The maximum absolute atomic E-state index is 12.8. The molecule has 0 bridgehead atoms. The molecule has 0 spiro atoms. The van der Waals surface area contributed by atoms with Gasteiger partial charge in [0.2, 0.25) is 0 Å². The fourth-order valence-corrected chi connectivity index (χ4v) is 4.18. The van der Waals surface area contributed by atoms with E-state index in [0.717, 1.165) is 36.6 Å². The number of likely N-dealkylation sites (tertiary alicyclic amines) is 1. The number of rotatable bonds is 5. The molecule has 3 heterocycles. The van der Waals surface area contributed by atoms with E-state index in [1.165, 1.54) is 16.2 Å². The fraction of sp³-hybridized carbons (Fsp3) is 0.364. The largest absolute Gasteiger partial charge is 0.350 e. The summed E-state index contributed by atoms with van der Waals surface area (Å²) in [5.74, 6) is 0.754. The lowest BCUT2D eigenvalue weighted by Crippen LogP contribution is -3.11. The maximum atomic E-state index is 12.8. The third-order valence-electron chi connectivity index (χ3n) is 5.59. The van der Waals surface area contributed by atoms with Crippen molar-refractivity contribution in [2.45, 2.75) is 32.7 Å². The van der Waals surface area contributed by atoms with Gasteiger partial charge >= 0.3 is 0 Å². The van der Waals surface area contributed by atoms with Crippen LogP contribution < -0.4 is 10.2 Å². The highest BCUT2D eigenvalue weighted by molar-refractivity contribution is 5.91. The second-order valence-electron chi connectivity index (χ2n) is 7.79. The Morgan fingerprint density at radius 1 is 1.25 bits per heavy atom.